The van der Waals surface area contributed by atoms with Crippen molar-refractivity contribution in [2.45, 2.75) is 31.6 Å². The third-order valence-corrected chi connectivity index (χ3v) is 1.48. The van der Waals surface area contributed by atoms with E-state index in [0.717, 1.165) is 0 Å². The smallest absolute Gasteiger partial charge is 0.147 e. The Morgan fingerprint density at radius 2 is 2.00 bits per heavy atom. The first-order valence-corrected chi connectivity index (χ1v) is 3.29. The molecule has 0 bridgehead atoms. The van der Waals surface area contributed by atoms with Gasteiger partial charge < -0.3 is 5.73 Å². The zero-order valence-corrected chi connectivity index (χ0v) is 6.90. The van der Waals surface area contributed by atoms with Crippen LogP contribution in [0.15, 0.2) is 0 Å². The van der Waals surface area contributed by atoms with Gasteiger partial charge in [-0.1, -0.05) is 0 Å². The van der Waals surface area contributed by atoms with Crippen molar-refractivity contribution in [3.05, 3.63) is 0 Å². The maximum Gasteiger partial charge on any atom is 0.147 e. The molecule has 0 radical (unpaired) electrons. The molecule has 0 amide bonds. The molecular weight excluding hydrogens is 134 g/mol. The number of ketones is 1. The van der Waals surface area contributed by atoms with E-state index in [4.69, 9.17) is 5.73 Å². The predicted molar refractivity (Wildman–Crippen MR) is 41.7 cm³/mol. The van der Waals surface area contributed by atoms with E-state index in [2.05, 4.69) is 12.6 Å². The van der Waals surface area contributed by atoms with Crippen molar-refractivity contribution in [1.82, 2.24) is 0 Å². The van der Waals surface area contributed by atoms with E-state index < -0.39 is 10.8 Å². The topological polar surface area (TPSA) is 43.1 Å². The number of Topliss-reactive ketones (excluding diaryl/α,β-unsaturated/α-hetero) is 1. The highest BCUT2D eigenvalue weighted by atomic mass is 32.1. The summed E-state index contributed by atoms with van der Waals surface area (Å²) in [5.74, 6) is -0.0185. The van der Waals surface area contributed by atoms with Crippen LogP contribution in [0.4, 0.5) is 0 Å². The van der Waals surface area contributed by atoms with Gasteiger partial charge >= 0.3 is 0 Å². The Bertz CT molecular complexity index is 117. The molecule has 54 valence electrons. The standard InChI is InChI=1S/C6H13NOS/c1-4(8)5(7)6(2,3)9/h5,9H,7H2,1-3H3. The lowest BCUT2D eigenvalue weighted by molar-refractivity contribution is -0.118. The van der Waals surface area contributed by atoms with Crippen molar-refractivity contribution in [3.8, 4) is 0 Å². The van der Waals surface area contributed by atoms with E-state index >= 15 is 0 Å². The summed E-state index contributed by atoms with van der Waals surface area (Å²) in [5, 5.41) is 0. The zero-order valence-electron chi connectivity index (χ0n) is 6.01. The van der Waals surface area contributed by atoms with Gasteiger partial charge in [0, 0.05) is 4.75 Å². The number of nitrogens with two attached hydrogens (primary N) is 1. The molecule has 0 rings (SSSR count). The number of hydrogen-bond donors (Lipinski definition) is 2. The van der Waals surface area contributed by atoms with Gasteiger partial charge in [-0.3, -0.25) is 4.79 Å². The molecule has 0 aliphatic rings. The lowest BCUT2D eigenvalue weighted by atomic mass is 10.0. The molecule has 0 aromatic rings. The van der Waals surface area contributed by atoms with Crippen molar-refractivity contribution >= 4 is 18.4 Å². The maximum absolute atomic E-state index is 10.6. The van der Waals surface area contributed by atoms with Crippen LogP contribution >= 0.6 is 12.6 Å². The fraction of sp³-hybridized carbons (Fsp3) is 0.833. The molecule has 0 spiro atoms. The molecule has 2 nitrogen and oxygen atoms in total. The summed E-state index contributed by atoms with van der Waals surface area (Å²) in [6.07, 6.45) is 0. The number of carbonyl (C=O) groups is 1. The van der Waals surface area contributed by atoms with Gasteiger partial charge in [0.05, 0.1) is 6.04 Å². The maximum atomic E-state index is 10.6. The van der Waals surface area contributed by atoms with Crippen molar-refractivity contribution in [2.24, 2.45) is 5.73 Å². The second-order valence-corrected chi connectivity index (χ2v) is 3.89. The Morgan fingerprint density at radius 1 is 1.67 bits per heavy atom. The molecule has 0 saturated carbocycles. The summed E-state index contributed by atoms with van der Waals surface area (Å²) in [6.45, 7) is 5.12. The Balaban J connectivity index is 4.04. The molecule has 0 aliphatic heterocycles. The van der Waals surface area contributed by atoms with E-state index in [-0.39, 0.29) is 5.78 Å². The van der Waals surface area contributed by atoms with E-state index in [1.54, 1.807) is 0 Å². The van der Waals surface area contributed by atoms with Gasteiger partial charge in [0.15, 0.2) is 0 Å². The summed E-state index contributed by atoms with van der Waals surface area (Å²) in [4.78, 5) is 10.6. The minimum absolute atomic E-state index is 0.0185. The van der Waals surface area contributed by atoms with Gasteiger partial charge in [0.1, 0.15) is 5.78 Å². The molecule has 0 heterocycles. The van der Waals surface area contributed by atoms with Gasteiger partial charge in [-0.25, -0.2) is 0 Å². The molecule has 0 aliphatic carbocycles. The molecule has 9 heavy (non-hydrogen) atoms. The van der Waals surface area contributed by atoms with E-state index in [0.29, 0.717) is 0 Å². The van der Waals surface area contributed by atoms with Gasteiger partial charge in [-0.2, -0.15) is 12.6 Å². The largest absolute Gasteiger partial charge is 0.320 e. The Kier molecular flexibility index (Phi) is 2.70. The number of thiol groups is 1. The molecule has 3 heteroatoms. The third kappa shape index (κ3) is 2.87. The number of hydrogen-bond acceptors (Lipinski definition) is 3. The molecular formula is C6H13NOS. The van der Waals surface area contributed by atoms with Gasteiger partial charge in [-0.05, 0) is 20.8 Å². The Morgan fingerprint density at radius 3 is 2.00 bits per heavy atom. The fourth-order valence-corrected chi connectivity index (χ4v) is 0.679. The highest BCUT2D eigenvalue weighted by molar-refractivity contribution is 7.81. The normalized spacial score (nSPS) is 15.2. The Hall–Kier alpha value is -0.0200. The van der Waals surface area contributed by atoms with Crippen LogP contribution in [-0.2, 0) is 4.79 Å². The van der Waals surface area contributed by atoms with Crippen LogP contribution in [0.5, 0.6) is 0 Å². The van der Waals surface area contributed by atoms with Gasteiger partial charge in [0.2, 0.25) is 0 Å². The lowest BCUT2D eigenvalue weighted by Crippen LogP contribution is -2.44. The molecule has 1 atom stereocenters. The van der Waals surface area contributed by atoms with Gasteiger partial charge in [0.25, 0.3) is 0 Å². The third-order valence-electron chi connectivity index (χ3n) is 1.20. The molecule has 0 aromatic heterocycles. The van der Waals surface area contributed by atoms with Crippen molar-refractivity contribution in [1.29, 1.82) is 0 Å². The van der Waals surface area contributed by atoms with Crippen LogP contribution in [0.1, 0.15) is 20.8 Å². The fourth-order valence-electron chi connectivity index (χ4n) is 0.497. The zero-order chi connectivity index (χ0) is 7.65. The minimum atomic E-state index is -0.458. The van der Waals surface area contributed by atoms with Crippen LogP contribution in [0, 0.1) is 0 Å². The SMILES string of the molecule is CC(=O)C(N)C(C)(C)S. The highest BCUT2D eigenvalue weighted by Crippen LogP contribution is 2.15. The second-order valence-electron chi connectivity index (χ2n) is 2.74. The minimum Gasteiger partial charge on any atom is -0.320 e. The monoisotopic (exact) mass is 147 g/mol. The summed E-state index contributed by atoms with van der Waals surface area (Å²) in [5.41, 5.74) is 5.47. The average Bonchev–Trinajstić information content (AvgIpc) is 1.62. The average molecular weight is 147 g/mol. The summed E-state index contributed by atoms with van der Waals surface area (Å²) < 4.78 is -0.397. The number of carbonyl (C=O) groups excluding carboxylic acids is 1. The van der Waals surface area contributed by atoms with Crippen molar-refractivity contribution in [3.63, 3.8) is 0 Å². The van der Waals surface area contributed by atoms with Crippen molar-refractivity contribution in [2.75, 3.05) is 0 Å². The van der Waals surface area contributed by atoms with Crippen LogP contribution in [0.3, 0.4) is 0 Å². The number of rotatable bonds is 2. The van der Waals surface area contributed by atoms with Crippen LogP contribution < -0.4 is 5.73 Å². The van der Waals surface area contributed by atoms with Crippen molar-refractivity contribution < 1.29 is 4.79 Å². The molecule has 1 unspecified atom stereocenters. The van der Waals surface area contributed by atoms with Crippen LogP contribution in [-0.4, -0.2) is 16.6 Å². The summed E-state index contributed by atoms with van der Waals surface area (Å²) in [6, 6.07) is -0.458. The first-order chi connectivity index (χ1) is 3.85. The van der Waals surface area contributed by atoms with E-state index in [9.17, 15) is 4.79 Å². The first kappa shape index (κ1) is 8.98. The highest BCUT2D eigenvalue weighted by Gasteiger charge is 2.24. The second kappa shape index (κ2) is 2.71. The van der Waals surface area contributed by atoms with Crippen LogP contribution in [0.25, 0.3) is 0 Å². The van der Waals surface area contributed by atoms with E-state index in [1.165, 1.54) is 6.92 Å². The predicted octanol–water partition coefficient (Wildman–Crippen LogP) is 0.611. The summed E-state index contributed by atoms with van der Waals surface area (Å²) >= 11 is 4.14. The lowest BCUT2D eigenvalue weighted by Gasteiger charge is -2.22. The quantitative estimate of drug-likeness (QED) is 0.562. The molecule has 0 fully saturated rings. The van der Waals surface area contributed by atoms with E-state index in [1.807, 2.05) is 13.8 Å². The van der Waals surface area contributed by atoms with Crippen LogP contribution in [0.2, 0.25) is 0 Å². The first-order valence-electron chi connectivity index (χ1n) is 2.84. The Labute approximate surface area is 61.2 Å². The molecule has 2 N–H and O–H groups in total. The van der Waals surface area contributed by atoms with Gasteiger partial charge in [-0.15, -0.1) is 0 Å². The molecule has 0 aromatic carbocycles. The summed E-state index contributed by atoms with van der Waals surface area (Å²) in [7, 11) is 0. The molecule has 0 saturated heterocycles.